The van der Waals surface area contributed by atoms with Crippen LogP contribution in [0.4, 0.5) is 0 Å². The maximum atomic E-state index is 12.8. The number of methoxy groups -OCH3 is 1. The molecule has 32 heavy (non-hydrogen) atoms. The van der Waals surface area contributed by atoms with E-state index in [0.29, 0.717) is 16.9 Å². The number of fused-ring (bicyclic) bond motifs is 1. The van der Waals surface area contributed by atoms with Gasteiger partial charge in [0.1, 0.15) is 5.69 Å². The van der Waals surface area contributed by atoms with E-state index in [1.807, 2.05) is 36.4 Å². The molecule has 7 heteroatoms. The van der Waals surface area contributed by atoms with Crippen LogP contribution in [0.2, 0.25) is 0 Å². The van der Waals surface area contributed by atoms with E-state index in [4.69, 9.17) is 9.47 Å². The zero-order valence-corrected chi connectivity index (χ0v) is 17.2. The fourth-order valence-corrected chi connectivity index (χ4v) is 3.13. The Labute approximate surface area is 184 Å². The third-order valence-corrected chi connectivity index (χ3v) is 4.68. The summed E-state index contributed by atoms with van der Waals surface area (Å²) in [4.78, 5) is 28.8. The average molecular weight is 425 g/mol. The summed E-state index contributed by atoms with van der Waals surface area (Å²) < 4.78 is 11.0. The first-order chi connectivity index (χ1) is 15.7. The van der Waals surface area contributed by atoms with Crippen LogP contribution in [0.25, 0.3) is 10.8 Å². The molecule has 0 aliphatic heterocycles. The van der Waals surface area contributed by atoms with Gasteiger partial charge in [-0.25, -0.2) is 10.2 Å². The molecule has 0 radical (unpaired) electrons. The second-order valence-electron chi connectivity index (χ2n) is 6.74. The maximum Gasteiger partial charge on any atom is 0.344 e. The molecule has 1 N–H and O–H groups in total. The molecule has 1 aromatic heterocycles. The Morgan fingerprint density at radius 3 is 2.56 bits per heavy atom. The van der Waals surface area contributed by atoms with Crippen LogP contribution in [0, 0.1) is 0 Å². The standard InChI is InChI=1S/C25H19N3O4/c1-31-23-15-17(16-27-28-24(29)21-11-4-5-14-26-21)12-13-22(23)32-25(30)20-10-6-8-18-7-2-3-9-19(18)20/h2-16H,1H3,(H,28,29)/b27-16+. The van der Waals surface area contributed by atoms with Crippen LogP contribution in [-0.2, 0) is 0 Å². The van der Waals surface area contributed by atoms with Gasteiger partial charge in [0.15, 0.2) is 11.5 Å². The summed E-state index contributed by atoms with van der Waals surface area (Å²) in [5.74, 6) is -0.266. The largest absolute Gasteiger partial charge is 0.493 e. The number of nitrogens with zero attached hydrogens (tertiary/aromatic N) is 2. The minimum Gasteiger partial charge on any atom is -0.493 e. The molecule has 0 spiro atoms. The molecule has 0 unspecified atom stereocenters. The zero-order valence-electron chi connectivity index (χ0n) is 17.2. The summed E-state index contributed by atoms with van der Waals surface area (Å²) >= 11 is 0. The second kappa shape index (κ2) is 9.53. The Morgan fingerprint density at radius 2 is 1.75 bits per heavy atom. The quantitative estimate of drug-likeness (QED) is 0.216. The zero-order chi connectivity index (χ0) is 22.3. The topological polar surface area (TPSA) is 89.9 Å². The van der Waals surface area contributed by atoms with E-state index in [9.17, 15) is 9.59 Å². The number of carbonyl (C=O) groups is 2. The fraction of sp³-hybridized carbons (Fsp3) is 0.0400. The van der Waals surface area contributed by atoms with Crippen LogP contribution in [0.1, 0.15) is 26.4 Å². The van der Waals surface area contributed by atoms with E-state index >= 15 is 0 Å². The highest BCUT2D eigenvalue weighted by molar-refractivity contribution is 6.05. The number of rotatable bonds is 6. The lowest BCUT2D eigenvalue weighted by atomic mass is 10.0. The van der Waals surface area contributed by atoms with Crippen molar-refractivity contribution < 1.29 is 19.1 Å². The number of nitrogens with one attached hydrogen (secondary N) is 1. The van der Waals surface area contributed by atoms with Gasteiger partial charge >= 0.3 is 5.97 Å². The van der Waals surface area contributed by atoms with Gasteiger partial charge in [-0.2, -0.15) is 5.10 Å². The van der Waals surface area contributed by atoms with E-state index in [1.54, 1.807) is 42.5 Å². The third kappa shape index (κ3) is 4.62. The minimum atomic E-state index is -0.482. The highest BCUT2D eigenvalue weighted by Gasteiger charge is 2.15. The summed E-state index contributed by atoms with van der Waals surface area (Å²) in [6.45, 7) is 0. The van der Waals surface area contributed by atoms with Crippen molar-refractivity contribution in [1.29, 1.82) is 0 Å². The summed E-state index contributed by atoms with van der Waals surface area (Å²) in [5, 5.41) is 5.70. The van der Waals surface area contributed by atoms with Crippen molar-refractivity contribution in [2.24, 2.45) is 5.10 Å². The number of pyridine rings is 1. The lowest BCUT2D eigenvalue weighted by Crippen LogP contribution is -2.18. The average Bonchev–Trinajstić information content (AvgIpc) is 2.84. The van der Waals surface area contributed by atoms with Gasteiger partial charge in [0.25, 0.3) is 5.91 Å². The smallest absolute Gasteiger partial charge is 0.344 e. The van der Waals surface area contributed by atoms with E-state index < -0.39 is 11.9 Å². The van der Waals surface area contributed by atoms with Gasteiger partial charge in [-0.15, -0.1) is 0 Å². The van der Waals surface area contributed by atoms with Crippen molar-refractivity contribution in [3.8, 4) is 11.5 Å². The van der Waals surface area contributed by atoms with Crippen molar-refractivity contribution in [2.75, 3.05) is 7.11 Å². The number of hydrogen-bond acceptors (Lipinski definition) is 6. The van der Waals surface area contributed by atoms with Gasteiger partial charge in [0.05, 0.1) is 18.9 Å². The number of ether oxygens (including phenoxy) is 2. The summed E-state index contributed by atoms with van der Waals surface area (Å²) in [7, 11) is 1.48. The molecule has 3 aromatic carbocycles. The van der Waals surface area contributed by atoms with Crippen molar-refractivity contribution in [3.05, 3.63) is 102 Å². The molecule has 0 bridgehead atoms. The van der Waals surface area contributed by atoms with Crippen LogP contribution < -0.4 is 14.9 Å². The molecule has 7 nitrogen and oxygen atoms in total. The summed E-state index contributed by atoms with van der Waals surface area (Å²) in [6.07, 6.45) is 2.99. The molecule has 0 saturated heterocycles. The summed E-state index contributed by atoms with van der Waals surface area (Å²) in [6, 6.07) is 23.1. The van der Waals surface area contributed by atoms with Crippen LogP contribution >= 0.6 is 0 Å². The number of hydrazone groups is 1. The van der Waals surface area contributed by atoms with Crippen molar-refractivity contribution in [2.45, 2.75) is 0 Å². The van der Waals surface area contributed by atoms with Crippen LogP contribution in [0.15, 0.2) is 90.2 Å². The van der Waals surface area contributed by atoms with E-state index in [0.717, 1.165) is 10.8 Å². The first-order valence-electron chi connectivity index (χ1n) is 9.78. The maximum absolute atomic E-state index is 12.8. The lowest BCUT2D eigenvalue weighted by Gasteiger charge is -2.11. The summed E-state index contributed by atoms with van der Waals surface area (Å²) in [5.41, 5.74) is 3.79. The van der Waals surface area contributed by atoms with Gasteiger partial charge < -0.3 is 9.47 Å². The molecule has 0 aliphatic carbocycles. The third-order valence-electron chi connectivity index (χ3n) is 4.68. The van der Waals surface area contributed by atoms with Gasteiger partial charge in [-0.3, -0.25) is 9.78 Å². The first kappa shape index (κ1) is 20.7. The Morgan fingerprint density at radius 1 is 0.938 bits per heavy atom. The Kier molecular flexibility index (Phi) is 6.17. The molecule has 0 fully saturated rings. The highest BCUT2D eigenvalue weighted by atomic mass is 16.6. The van der Waals surface area contributed by atoms with Gasteiger partial charge in [-0.1, -0.05) is 42.5 Å². The minimum absolute atomic E-state index is 0.262. The number of amides is 1. The van der Waals surface area contributed by atoms with Gasteiger partial charge in [0, 0.05) is 6.20 Å². The number of aromatic nitrogens is 1. The van der Waals surface area contributed by atoms with E-state index in [2.05, 4.69) is 15.5 Å². The Balaban J connectivity index is 1.48. The molecule has 4 rings (SSSR count). The Hall–Kier alpha value is -4.52. The number of carbonyl (C=O) groups excluding carboxylic acids is 2. The lowest BCUT2D eigenvalue weighted by molar-refractivity contribution is 0.0731. The molecule has 0 atom stereocenters. The monoisotopic (exact) mass is 425 g/mol. The Bertz CT molecular complexity index is 1300. The van der Waals surface area contributed by atoms with Crippen LogP contribution in [0.5, 0.6) is 11.5 Å². The van der Waals surface area contributed by atoms with Gasteiger partial charge in [0.2, 0.25) is 0 Å². The fourth-order valence-electron chi connectivity index (χ4n) is 3.13. The predicted molar refractivity (Wildman–Crippen MR) is 121 cm³/mol. The molecular formula is C25H19N3O4. The molecule has 1 amide bonds. The normalized spacial score (nSPS) is 10.8. The number of hydrogen-bond donors (Lipinski definition) is 1. The van der Waals surface area contributed by atoms with Crippen molar-refractivity contribution in [1.82, 2.24) is 10.4 Å². The van der Waals surface area contributed by atoms with Crippen molar-refractivity contribution >= 4 is 28.9 Å². The molecule has 0 aliphatic rings. The van der Waals surface area contributed by atoms with Gasteiger partial charge in [-0.05, 0) is 52.7 Å². The molecule has 158 valence electrons. The van der Waals surface area contributed by atoms with Crippen molar-refractivity contribution in [3.63, 3.8) is 0 Å². The second-order valence-corrected chi connectivity index (χ2v) is 6.74. The number of esters is 1. The highest BCUT2D eigenvalue weighted by Crippen LogP contribution is 2.29. The first-order valence-corrected chi connectivity index (χ1v) is 9.78. The van der Waals surface area contributed by atoms with Crippen LogP contribution in [-0.4, -0.2) is 30.2 Å². The SMILES string of the molecule is COc1cc(/C=N/NC(=O)c2ccccn2)ccc1OC(=O)c1cccc2ccccc12. The molecule has 4 aromatic rings. The van der Waals surface area contributed by atoms with E-state index in [1.165, 1.54) is 19.5 Å². The molecule has 1 heterocycles. The number of benzene rings is 3. The van der Waals surface area contributed by atoms with E-state index in [-0.39, 0.29) is 11.4 Å². The molecule has 0 saturated carbocycles. The van der Waals surface area contributed by atoms with Crippen LogP contribution in [0.3, 0.4) is 0 Å². The molecular weight excluding hydrogens is 406 g/mol. The predicted octanol–water partition coefficient (Wildman–Crippen LogP) is 4.23.